The molecule has 13 atom stereocenters. The monoisotopic (exact) mass is 986 g/mol. The number of ether oxygens (including phenoxy) is 2. The molecule has 1 aliphatic carbocycles. The Balaban J connectivity index is 2.36. The Bertz CT molecular complexity index is 1540. The number of hydrogen-bond donors (Lipinski definition) is 10. The van der Waals surface area contributed by atoms with Crippen molar-refractivity contribution in [1.29, 1.82) is 0 Å². The van der Waals surface area contributed by atoms with Crippen LogP contribution in [-0.2, 0) is 41.8 Å². The lowest BCUT2D eigenvalue weighted by molar-refractivity contribution is -0.166. The maximum absolute atomic E-state index is 13.7. The highest BCUT2D eigenvalue weighted by atomic mass is 31.2. The number of rotatable bonds is 22. The minimum Gasteiger partial charge on any atom is -0.462 e. The lowest BCUT2D eigenvalue weighted by atomic mass is 9.82. The number of unbranched alkanes of at least 4 members (excludes halogenated alkanes) is 8. The molecule has 1 saturated heterocycles. The molecule has 0 aromatic carbocycles. The molecule has 0 radical (unpaired) electrons. The van der Waals surface area contributed by atoms with Gasteiger partial charge in [0.25, 0.3) is 0 Å². The number of phosphoric ester groups is 2. The number of fused-ring (bicyclic) bond motifs is 4. The van der Waals surface area contributed by atoms with Crippen molar-refractivity contribution >= 4 is 27.6 Å². The van der Waals surface area contributed by atoms with Gasteiger partial charge < -0.3 is 59.9 Å². The van der Waals surface area contributed by atoms with Crippen molar-refractivity contribution in [3.63, 3.8) is 0 Å². The lowest BCUT2D eigenvalue weighted by Gasteiger charge is -2.39. The van der Waals surface area contributed by atoms with Crippen LogP contribution >= 0.6 is 15.6 Å². The Kier molecular flexibility index (Phi) is 30.0. The first-order chi connectivity index (χ1) is 31.3. The van der Waals surface area contributed by atoms with Crippen LogP contribution in [0.15, 0.2) is 36.5 Å². The van der Waals surface area contributed by atoms with E-state index in [2.05, 4.69) is 31.2 Å². The number of cyclic esters (lactones) is 1. The summed E-state index contributed by atoms with van der Waals surface area (Å²) in [5, 5.41) is 79.7. The quantitative estimate of drug-likeness (QED) is 0.0292. The van der Waals surface area contributed by atoms with Gasteiger partial charge in [0.1, 0.15) is 31.0 Å². The largest absolute Gasteiger partial charge is 0.472 e. The van der Waals surface area contributed by atoms with E-state index in [-0.39, 0.29) is 25.7 Å². The van der Waals surface area contributed by atoms with E-state index in [0.717, 1.165) is 70.3 Å². The number of esters is 2. The predicted molar refractivity (Wildman–Crippen MR) is 243 cm³/mol. The van der Waals surface area contributed by atoms with E-state index in [0.29, 0.717) is 38.5 Å². The van der Waals surface area contributed by atoms with Crippen LogP contribution in [0.4, 0.5) is 0 Å². The van der Waals surface area contributed by atoms with Crippen molar-refractivity contribution in [2.24, 2.45) is 11.8 Å². The molecule has 2 bridgehead atoms. The summed E-state index contributed by atoms with van der Waals surface area (Å²) in [6.45, 7) is 2.51. The van der Waals surface area contributed by atoms with Crippen LogP contribution in [0.2, 0.25) is 0 Å². The second-order valence-electron chi connectivity index (χ2n) is 17.4. The number of allylic oxidation sites excluding steroid dienone is 4. The number of phosphoric acid groups is 2. The van der Waals surface area contributed by atoms with Gasteiger partial charge >= 0.3 is 27.6 Å². The van der Waals surface area contributed by atoms with Crippen LogP contribution in [0.3, 0.4) is 0 Å². The topological polar surface area (TPSA) is 317 Å². The Morgan fingerprint density at radius 3 is 2.21 bits per heavy atom. The number of aliphatic hydroxyl groups excluding tert-OH is 7. The second-order valence-corrected chi connectivity index (χ2v) is 20.0. The second kappa shape index (κ2) is 32.8. The molecule has 0 spiro atoms. The summed E-state index contributed by atoms with van der Waals surface area (Å²) < 4.78 is 52.1. The van der Waals surface area contributed by atoms with E-state index in [1.54, 1.807) is 0 Å². The van der Waals surface area contributed by atoms with E-state index in [4.69, 9.17) is 23.0 Å². The molecule has 21 heteroatoms. The van der Waals surface area contributed by atoms with E-state index < -0.39 is 120 Å². The predicted octanol–water partition coefficient (Wildman–Crippen LogP) is 5.11. The summed E-state index contributed by atoms with van der Waals surface area (Å²) in [4.78, 5) is 56.6. The summed E-state index contributed by atoms with van der Waals surface area (Å²) >= 11 is 0. The molecule has 2 rings (SSSR count). The summed E-state index contributed by atoms with van der Waals surface area (Å²) in [5.74, 6) is -4.37. The maximum Gasteiger partial charge on any atom is 0.472 e. The zero-order valence-electron chi connectivity index (χ0n) is 38.7. The van der Waals surface area contributed by atoms with Crippen molar-refractivity contribution in [3.8, 4) is 0 Å². The molecule has 1 aliphatic heterocycles. The van der Waals surface area contributed by atoms with Gasteiger partial charge in [0.2, 0.25) is 0 Å². The summed E-state index contributed by atoms with van der Waals surface area (Å²) in [7, 11) is -11.4. The van der Waals surface area contributed by atoms with E-state index in [9.17, 15) is 69.1 Å². The molecule has 66 heavy (non-hydrogen) atoms. The van der Waals surface area contributed by atoms with Crippen LogP contribution in [0, 0.1) is 11.8 Å². The molecule has 0 amide bonds. The smallest absolute Gasteiger partial charge is 0.462 e. The molecule has 10 N–H and O–H groups in total. The first kappa shape index (κ1) is 60.2. The summed E-state index contributed by atoms with van der Waals surface area (Å²) in [5.41, 5.74) is 0. The van der Waals surface area contributed by atoms with Crippen LogP contribution in [0.5, 0.6) is 0 Å². The third-order valence-electron chi connectivity index (χ3n) is 11.8. The van der Waals surface area contributed by atoms with Crippen molar-refractivity contribution < 1.29 is 92.2 Å². The average Bonchev–Trinajstić information content (AvgIpc) is 3.25. The minimum absolute atomic E-state index is 0.0272. The van der Waals surface area contributed by atoms with Crippen molar-refractivity contribution in [2.75, 3.05) is 13.2 Å². The molecular weight excluding hydrogens is 906 g/mol. The van der Waals surface area contributed by atoms with Gasteiger partial charge in [-0.2, -0.15) is 0 Å². The minimum atomic E-state index is -5.76. The van der Waals surface area contributed by atoms with E-state index in [1.807, 2.05) is 6.92 Å². The summed E-state index contributed by atoms with van der Waals surface area (Å²) in [6, 6.07) is 0. The highest BCUT2D eigenvalue weighted by molar-refractivity contribution is 7.47. The number of aliphatic hydroxyl groups is 7. The highest BCUT2D eigenvalue weighted by Gasteiger charge is 2.51. The lowest BCUT2D eigenvalue weighted by Crippen LogP contribution is -2.56. The van der Waals surface area contributed by atoms with Gasteiger partial charge in [0, 0.05) is 31.1 Å². The van der Waals surface area contributed by atoms with Gasteiger partial charge in [-0.15, -0.1) is 0 Å². The van der Waals surface area contributed by atoms with E-state index in [1.165, 1.54) is 6.08 Å². The van der Waals surface area contributed by atoms with Crippen molar-refractivity contribution in [2.45, 2.75) is 210 Å². The molecule has 384 valence electrons. The Morgan fingerprint density at radius 2 is 1.52 bits per heavy atom. The zero-order valence-corrected chi connectivity index (χ0v) is 40.5. The van der Waals surface area contributed by atoms with Crippen molar-refractivity contribution in [3.05, 3.63) is 36.5 Å². The molecule has 0 aromatic heterocycles. The van der Waals surface area contributed by atoms with Gasteiger partial charge in [-0.3, -0.25) is 23.2 Å². The molecule has 19 nitrogen and oxygen atoms in total. The fourth-order valence-electron chi connectivity index (χ4n) is 7.98. The molecule has 1 unspecified atom stereocenters. The first-order valence-corrected chi connectivity index (χ1v) is 26.8. The SMILES string of the molecule is CCC/C=C\C/C=C\CCCCCCCC(=O)OC[C@@H]1COP(=O)(O)O[C@H]2[C@H](O)[C@@H](O)[C@H](O)[C@@H](CCCCCCC(=O)O1)[C@@H](O)C[C@@H](O)[C@H](C=C[C@@H](O)CCCCC)[C@@H](O)[C@H]2OP(=O)(O)O. The Labute approximate surface area is 390 Å². The van der Waals surface area contributed by atoms with Crippen LogP contribution in [-0.4, -0.2) is 137 Å². The molecule has 1 saturated carbocycles. The number of carbonyl (C=O) groups is 2. The standard InChI is InChI=1S/C45H80O19P2/c1-3-5-7-8-9-10-11-12-13-14-15-16-21-25-38(49)60-30-33-31-61-66(58,59)64-45-43(54)42(53)40(51)34(24-20-17-18-22-26-39(50)62-33)36(47)29-37(48)35(28-27-32(46)23-19-6-4-2)41(52)44(45)63-65(55,56)57/h7-8,10-11,27-28,32-37,40-48,51-54H,3-6,9,12-26,29-31H2,1-2H3,(H,58,59)(H2,55,56,57)/b8-7-,11-10-,28-27?/t32-,33+,34-,35-,36-,37+,40+,41+,42-,43+,44+,45-/m0/s1. The Hall–Kier alpha value is -1.90. The van der Waals surface area contributed by atoms with Crippen LogP contribution in [0.25, 0.3) is 0 Å². The van der Waals surface area contributed by atoms with Gasteiger partial charge in [-0.1, -0.05) is 115 Å². The average molecular weight is 987 g/mol. The number of hydrogen-bond acceptors (Lipinski definition) is 16. The van der Waals surface area contributed by atoms with Crippen LogP contribution in [0.1, 0.15) is 149 Å². The van der Waals surface area contributed by atoms with Crippen LogP contribution < -0.4 is 0 Å². The molecule has 0 aromatic rings. The van der Waals surface area contributed by atoms with E-state index >= 15 is 0 Å². The van der Waals surface area contributed by atoms with Gasteiger partial charge in [-0.05, 0) is 51.4 Å². The normalized spacial score (nSPS) is 32.3. The Morgan fingerprint density at radius 1 is 0.833 bits per heavy atom. The molecular formula is C45H80O19P2. The first-order valence-electron chi connectivity index (χ1n) is 23.8. The fraction of sp³-hybridized carbons (Fsp3) is 0.822. The van der Waals surface area contributed by atoms with Gasteiger partial charge in [0.15, 0.2) is 6.10 Å². The number of carbonyl (C=O) groups excluding carboxylic acids is 2. The molecule has 1 heterocycles. The third-order valence-corrected chi connectivity index (χ3v) is 13.3. The molecule has 2 fully saturated rings. The highest BCUT2D eigenvalue weighted by Crippen LogP contribution is 2.50. The zero-order chi connectivity index (χ0) is 49.1. The fourth-order valence-corrected chi connectivity index (χ4v) is 9.50. The third kappa shape index (κ3) is 24.6. The van der Waals surface area contributed by atoms with Gasteiger partial charge in [0.05, 0.1) is 37.1 Å². The summed E-state index contributed by atoms with van der Waals surface area (Å²) in [6.07, 6.45) is 1.77. The van der Waals surface area contributed by atoms with Crippen molar-refractivity contribution in [1.82, 2.24) is 0 Å². The maximum atomic E-state index is 13.7. The molecule has 2 aliphatic rings. The van der Waals surface area contributed by atoms with Gasteiger partial charge in [-0.25, -0.2) is 9.13 Å².